The molecule has 6 nitrogen and oxygen atoms in total. The van der Waals surface area contributed by atoms with Crippen molar-refractivity contribution in [2.75, 3.05) is 13.1 Å². The number of amides is 1. The second-order valence-electron chi connectivity index (χ2n) is 5.04. The highest BCUT2D eigenvalue weighted by molar-refractivity contribution is 5.92. The zero-order chi connectivity index (χ0) is 13.5. The summed E-state index contributed by atoms with van der Waals surface area (Å²) < 4.78 is 1.56. The van der Waals surface area contributed by atoms with Crippen molar-refractivity contribution >= 4 is 5.91 Å². The van der Waals surface area contributed by atoms with Crippen LogP contribution in [0.2, 0.25) is 0 Å². The van der Waals surface area contributed by atoms with Crippen LogP contribution in [0.5, 0.6) is 0 Å². The lowest BCUT2D eigenvalue weighted by atomic mass is 9.97. The van der Waals surface area contributed by atoms with Gasteiger partial charge in [0.2, 0.25) is 0 Å². The van der Waals surface area contributed by atoms with Crippen LogP contribution in [0.25, 0.3) is 5.69 Å². The van der Waals surface area contributed by atoms with E-state index in [2.05, 4.69) is 10.3 Å². The van der Waals surface area contributed by atoms with Gasteiger partial charge in [-0.3, -0.25) is 4.79 Å². The van der Waals surface area contributed by atoms with Gasteiger partial charge >= 0.3 is 0 Å². The number of rotatable bonds is 2. The minimum Gasteiger partial charge on any atom is -0.386 e. The molecule has 1 aromatic carbocycles. The number of para-hydroxylation sites is 1. The second-order valence-corrected chi connectivity index (χ2v) is 5.04. The molecule has 0 radical (unpaired) electrons. The van der Waals surface area contributed by atoms with Crippen molar-refractivity contribution in [3.05, 3.63) is 42.2 Å². The minimum atomic E-state index is -0.773. The van der Waals surface area contributed by atoms with Gasteiger partial charge < -0.3 is 10.0 Å². The zero-order valence-corrected chi connectivity index (χ0v) is 10.5. The summed E-state index contributed by atoms with van der Waals surface area (Å²) in [4.78, 5) is 13.6. The fourth-order valence-corrected chi connectivity index (χ4v) is 2.15. The van der Waals surface area contributed by atoms with Gasteiger partial charge in [0.1, 0.15) is 0 Å². The van der Waals surface area contributed by atoms with Crippen LogP contribution in [0.15, 0.2) is 36.5 Å². The summed E-state index contributed by atoms with van der Waals surface area (Å²) in [5.74, 6) is -0.200. The van der Waals surface area contributed by atoms with Gasteiger partial charge in [-0.15, -0.1) is 5.10 Å². The fourth-order valence-electron chi connectivity index (χ4n) is 2.15. The Morgan fingerprint density at radius 2 is 2.00 bits per heavy atom. The minimum absolute atomic E-state index is 0.200. The molecule has 0 atom stereocenters. The van der Waals surface area contributed by atoms with Crippen molar-refractivity contribution in [2.24, 2.45) is 0 Å². The number of hydrogen-bond acceptors (Lipinski definition) is 4. The summed E-state index contributed by atoms with van der Waals surface area (Å²) in [7, 11) is 0. The van der Waals surface area contributed by atoms with Gasteiger partial charge in [0.25, 0.3) is 5.91 Å². The number of aromatic nitrogens is 3. The first-order valence-electron chi connectivity index (χ1n) is 6.05. The summed E-state index contributed by atoms with van der Waals surface area (Å²) in [6.45, 7) is 2.38. The molecule has 1 fully saturated rings. The first-order chi connectivity index (χ1) is 9.05. The molecule has 1 amide bonds. The molecule has 0 saturated carbocycles. The molecule has 98 valence electrons. The van der Waals surface area contributed by atoms with Crippen LogP contribution in [0.4, 0.5) is 0 Å². The van der Waals surface area contributed by atoms with Crippen LogP contribution in [-0.4, -0.2) is 49.6 Å². The number of benzene rings is 1. The van der Waals surface area contributed by atoms with Crippen LogP contribution in [0, 0.1) is 0 Å². The summed E-state index contributed by atoms with van der Waals surface area (Å²) in [5.41, 5.74) is 0.370. The lowest BCUT2D eigenvalue weighted by Crippen LogP contribution is -2.61. The summed E-state index contributed by atoms with van der Waals surface area (Å²) >= 11 is 0. The third-order valence-corrected chi connectivity index (χ3v) is 3.08. The Bertz CT molecular complexity index is 598. The largest absolute Gasteiger partial charge is 0.386 e. The number of likely N-dealkylation sites (tertiary alicyclic amines) is 1. The maximum Gasteiger partial charge on any atom is 0.276 e. The van der Waals surface area contributed by atoms with E-state index in [-0.39, 0.29) is 5.91 Å². The second kappa shape index (κ2) is 4.17. The van der Waals surface area contributed by atoms with Gasteiger partial charge in [0.15, 0.2) is 5.69 Å². The first-order valence-corrected chi connectivity index (χ1v) is 6.05. The quantitative estimate of drug-likeness (QED) is 0.850. The zero-order valence-electron chi connectivity index (χ0n) is 10.5. The van der Waals surface area contributed by atoms with Gasteiger partial charge in [-0.1, -0.05) is 23.4 Å². The SMILES string of the molecule is CC1(O)CN(C(=O)c2cn(-c3ccccc3)nn2)C1. The lowest BCUT2D eigenvalue weighted by molar-refractivity contribution is -0.0670. The number of carbonyl (C=O) groups is 1. The van der Waals surface area contributed by atoms with Crippen molar-refractivity contribution in [1.82, 2.24) is 19.9 Å². The van der Waals surface area contributed by atoms with Crippen molar-refractivity contribution in [3.8, 4) is 5.69 Å². The van der Waals surface area contributed by atoms with E-state index in [4.69, 9.17) is 0 Å². The fraction of sp³-hybridized carbons (Fsp3) is 0.308. The average Bonchev–Trinajstić information content (AvgIpc) is 2.85. The Kier molecular flexibility index (Phi) is 2.60. The van der Waals surface area contributed by atoms with Crippen molar-refractivity contribution < 1.29 is 9.90 Å². The van der Waals surface area contributed by atoms with Crippen molar-refractivity contribution in [1.29, 1.82) is 0 Å². The van der Waals surface area contributed by atoms with Crippen LogP contribution < -0.4 is 0 Å². The monoisotopic (exact) mass is 258 g/mol. The molecule has 0 aliphatic carbocycles. The summed E-state index contributed by atoms with van der Waals surface area (Å²) in [6.07, 6.45) is 1.60. The Morgan fingerprint density at radius 1 is 1.32 bits per heavy atom. The molecule has 1 aromatic heterocycles. The van der Waals surface area contributed by atoms with Crippen LogP contribution in [0.3, 0.4) is 0 Å². The average molecular weight is 258 g/mol. The maximum absolute atomic E-state index is 12.1. The highest BCUT2D eigenvalue weighted by Crippen LogP contribution is 2.21. The molecule has 0 bridgehead atoms. The number of carbonyl (C=O) groups excluding carboxylic acids is 1. The molecule has 19 heavy (non-hydrogen) atoms. The Balaban J connectivity index is 1.77. The number of β-amino-alcohol motifs (C(OH)–C–C–N with tert-alkyl or cyclic N) is 1. The molecule has 0 spiro atoms. The van der Waals surface area contributed by atoms with E-state index in [0.29, 0.717) is 18.8 Å². The molecule has 1 saturated heterocycles. The predicted octanol–water partition coefficient (Wildman–Crippen LogP) is 0.474. The molecule has 3 rings (SSSR count). The normalized spacial score (nSPS) is 17.1. The smallest absolute Gasteiger partial charge is 0.276 e. The Morgan fingerprint density at radius 3 is 2.63 bits per heavy atom. The van der Waals surface area contributed by atoms with E-state index in [0.717, 1.165) is 5.69 Å². The van der Waals surface area contributed by atoms with Crippen molar-refractivity contribution in [3.63, 3.8) is 0 Å². The molecule has 6 heteroatoms. The summed E-state index contributed by atoms with van der Waals surface area (Å²) in [6, 6.07) is 9.47. The van der Waals surface area contributed by atoms with Gasteiger partial charge in [-0.25, -0.2) is 4.68 Å². The van der Waals surface area contributed by atoms with Crippen molar-refractivity contribution in [2.45, 2.75) is 12.5 Å². The van der Waals surface area contributed by atoms with Gasteiger partial charge in [0, 0.05) is 0 Å². The van der Waals surface area contributed by atoms with E-state index in [1.54, 1.807) is 22.7 Å². The van der Waals surface area contributed by atoms with E-state index in [1.165, 1.54) is 0 Å². The molecule has 2 aromatic rings. The number of aliphatic hydroxyl groups is 1. The number of nitrogens with zero attached hydrogens (tertiary/aromatic N) is 4. The topological polar surface area (TPSA) is 71.2 Å². The van der Waals surface area contributed by atoms with E-state index >= 15 is 0 Å². The Hall–Kier alpha value is -2.21. The van der Waals surface area contributed by atoms with Crippen LogP contribution in [0.1, 0.15) is 17.4 Å². The van der Waals surface area contributed by atoms with Gasteiger partial charge in [-0.2, -0.15) is 0 Å². The van der Waals surface area contributed by atoms with Crippen LogP contribution >= 0.6 is 0 Å². The lowest BCUT2D eigenvalue weighted by Gasteiger charge is -2.43. The highest BCUT2D eigenvalue weighted by Gasteiger charge is 2.40. The molecule has 1 aliphatic heterocycles. The van der Waals surface area contributed by atoms with Gasteiger partial charge in [-0.05, 0) is 19.1 Å². The third kappa shape index (κ3) is 2.22. The molecule has 2 heterocycles. The first kappa shape index (κ1) is 11.9. The standard InChI is InChI=1S/C13H14N4O2/c1-13(19)8-16(9-13)12(18)11-7-17(15-14-11)10-5-3-2-4-6-10/h2-7,19H,8-9H2,1H3. The maximum atomic E-state index is 12.1. The summed E-state index contributed by atoms with van der Waals surface area (Å²) in [5, 5.41) is 17.5. The highest BCUT2D eigenvalue weighted by atomic mass is 16.3. The molecule has 1 aliphatic rings. The third-order valence-electron chi connectivity index (χ3n) is 3.08. The molecular weight excluding hydrogens is 244 g/mol. The van der Waals surface area contributed by atoms with E-state index in [1.807, 2.05) is 30.3 Å². The van der Waals surface area contributed by atoms with E-state index < -0.39 is 5.60 Å². The predicted molar refractivity (Wildman–Crippen MR) is 67.9 cm³/mol. The van der Waals surface area contributed by atoms with Crippen LogP contribution in [-0.2, 0) is 0 Å². The molecule has 0 unspecified atom stereocenters. The van der Waals surface area contributed by atoms with E-state index in [9.17, 15) is 9.90 Å². The molecule has 1 N–H and O–H groups in total. The Labute approximate surface area is 110 Å². The molecular formula is C13H14N4O2. The number of hydrogen-bond donors (Lipinski definition) is 1. The van der Waals surface area contributed by atoms with Gasteiger partial charge in [0.05, 0.1) is 30.6 Å².